The molecule has 1 amide bonds. The van der Waals surface area contributed by atoms with Crippen molar-refractivity contribution in [3.8, 4) is 0 Å². The third-order valence-corrected chi connectivity index (χ3v) is 6.16. The summed E-state index contributed by atoms with van der Waals surface area (Å²) in [5, 5.41) is 11.7. The number of fused-ring (bicyclic) bond motifs is 1. The van der Waals surface area contributed by atoms with Crippen LogP contribution in [0.25, 0.3) is 0 Å². The molecule has 2 aliphatic rings. The van der Waals surface area contributed by atoms with Crippen molar-refractivity contribution in [1.29, 1.82) is 0 Å². The van der Waals surface area contributed by atoms with Crippen LogP contribution in [0.1, 0.15) is 54.7 Å². The number of aromatic nitrogens is 4. The summed E-state index contributed by atoms with van der Waals surface area (Å²) < 4.78 is 3.27. The Morgan fingerprint density at radius 1 is 1.14 bits per heavy atom. The van der Waals surface area contributed by atoms with Crippen molar-refractivity contribution in [3.63, 3.8) is 0 Å². The third kappa shape index (κ3) is 4.58. The molecule has 8 nitrogen and oxygen atoms in total. The SMILES string of the molecule is Cc1cc(=O)n(CC(=O)NCc2cc3n(n2)CCN(C2CCCCC2)C3)nc1C. The van der Waals surface area contributed by atoms with Gasteiger partial charge in [0.1, 0.15) is 6.54 Å². The fourth-order valence-corrected chi connectivity index (χ4v) is 4.36. The third-order valence-electron chi connectivity index (χ3n) is 6.16. The molecule has 1 saturated carbocycles. The molecule has 156 valence electrons. The number of amides is 1. The summed E-state index contributed by atoms with van der Waals surface area (Å²) in [5.74, 6) is -0.238. The fourth-order valence-electron chi connectivity index (χ4n) is 4.36. The van der Waals surface area contributed by atoms with Crippen LogP contribution in [0.5, 0.6) is 0 Å². The van der Waals surface area contributed by atoms with E-state index in [0.717, 1.165) is 36.6 Å². The van der Waals surface area contributed by atoms with Crippen molar-refractivity contribution in [3.05, 3.63) is 45.1 Å². The summed E-state index contributed by atoms with van der Waals surface area (Å²) in [6.45, 7) is 6.84. The molecule has 2 aromatic heterocycles. The van der Waals surface area contributed by atoms with Crippen molar-refractivity contribution < 1.29 is 4.79 Å². The van der Waals surface area contributed by atoms with Gasteiger partial charge in [0.15, 0.2) is 0 Å². The van der Waals surface area contributed by atoms with Gasteiger partial charge in [-0.2, -0.15) is 10.2 Å². The van der Waals surface area contributed by atoms with E-state index >= 15 is 0 Å². The molecule has 1 N–H and O–H groups in total. The zero-order valence-corrected chi connectivity index (χ0v) is 17.4. The van der Waals surface area contributed by atoms with E-state index in [0.29, 0.717) is 12.6 Å². The Balaban J connectivity index is 1.33. The minimum absolute atomic E-state index is 0.0804. The Morgan fingerprint density at radius 2 is 1.93 bits per heavy atom. The summed E-state index contributed by atoms with van der Waals surface area (Å²) >= 11 is 0. The average Bonchev–Trinajstić information content (AvgIpc) is 3.13. The van der Waals surface area contributed by atoms with Gasteiger partial charge in [-0.15, -0.1) is 0 Å². The standard InChI is InChI=1S/C21H30N6O2/c1-15-10-21(29)27(23-16(15)2)14-20(28)22-12-17-11-19-13-25(8-9-26(19)24-17)18-6-4-3-5-7-18/h10-11,18H,3-9,12-14H2,1-2H3,(H,22,28). The van der Waals surface area contributed by atoms with Crippen molar-refractivity contribution in [1.82, 2.24) is 29.8 Å². The first-order valence-electron chi connectivity index (χ1n) is 10.6. The van der Waals surface area contributed by atoms with E-state index < -0.39 is 0 Å². The summed E-state index contributed by atoms with van der Waals surface area (Å²) in [7, 11) is 0. The maximum atomic E-state index is 12.3. The van der Waals surface area contributed by atoms with Gasteiger partial charge in [-0.25, -0.2) is 4.68 Å². The molecule has 0 saturated heterocycles. The number of rotatable bonds is 5. The molecule has 0 bridgehead atoms. The van der Waals surface area contributed by atoms with Gasteiger partial charge in [-0.05, 0) is 38.3 Å². The van der Waals surface area contributed by atoms with E-state index in [1.54, 1.807) is 0 Å². The van der Waals surface area contributed by atoms with Crippen LogP contribution in [-0.2, 0) is 31.0 Å². The van der Waals surface area contributed by atoms with Crippen LogP contribution >= 0.6 is 0 Å². The van der Waals surface area contributed by atoms with E-state index in [2.05, 4.69) is 31.2 Å². The molecule has 1 aliphatic carbocycles. The number of carbonyl (C=O) groups excluding carboxylic acids is 1. The normalized spacial score (nSPS) is 17.9. The molecule has 0 radical (unpaired) electrons. The van der Waals surface area contributed by atoms with Gasteiger partial charge in [0.2, 0.25) is 5.91 Å². The number of carbonyl (C=O) groups is 1. The van der Waals surface area contributed by atoms with Gasteiger partial charge in [0, 0.05) is 25.2 Å². The first kappa shape index (κ1) is 19.8. The lowest BCUT2D eigenvalue weighted by Crippen LogP contribution is -2.42. The summed E-state index contributed by atoms with van der Waals surface area (Å²) in [6.07, 6.45) is 6.67. The van der Waals surface area contributed by atoms with Crippen molar-refractivity contribution in [2.45, 2.75) is 78.2 Å². The Hall–Kier alpha value is -2.48. The van der Waals surface area contributed by atoms with Crippen LogP contribution in [0, 0.1) is 13.8 Å². The lowest BCUT2D eigenvalue weighted by atomic mass is 9.94. The lowest BCUT2D eigenvalue weighted by Gasteiger charge is -2.36. The molecule has 29 heavy (non-hydrogen) atoms. The van der Waals surface area contributed by atoms with Crippen LogP contribution in [0.2, 0.25) is 0 Å². The van der Waals surface area contributed by atoms with E-state index in [-0.39, 0.29) is 18.0 Å². The van der Waals surface area contributed by atoms with Crippen LogP contribution in [-0.4, -0.2) is 43.0 Å². The first-order valence-corrected chi connectivity index (χ1v) is 10.6. The Morgan fingerprint density at radius 3 is 2.72 bits per heavy atom. The van der Waals surface area contributed by atoms with E-state index in [4.69, 9.17) is 0 Å². The Labute approximate surface area is 170 Å². The van der Waals surface area contributed by atoms with Crippen LogP contribution in [0.3, 0.4) is 0 Å². The maximum Gasteiger partial charge on any atom is 0.267 e. The highest BCUT2D eigenvalue weighted by molar-refractivity contribution is 5.75. The van der Waals surface area contributed by atoms with Gasteiger partial charge in [0.25, 0.3) is 5.56 Å². The van der Waals surface area contributed by atoms with E-state index in [1.165, 1.54) is 48.5 Å². The van der Waals surface area contributed by atoms with Crippen molar-refractivity contribution in [2.75, 3.05) is 6.54 Å². The van der Waals surface area contributed by atoms with Gasteiger partial charge in [-0.3, -0.25) is 19.2 Å². The Kier molecular flexibility index (Phi) is 5.80. The van der Waals surface area contributed by atoms with Gasteiger partial charge in [-0.1, -0.05) is 19.3 Å². The quantitative estimate of drug-likeness (QED) is 0.825. The van der Waals surface area contributed by atoms with Crippen LogP contribution < -0.4 is 10.9 Å². The zero-order valence-electron chi connectivity index (χ0n) is 17.4. The largest absolute Gasteiger partial charge is 0.349 e. The van der Waals surface area contributed by atoms with Gasteiger partial charge in [0.05, 0.1) is 30.2 Å². The smallest absolute Gasteiger partial charge is 0.267 e. The molecule has 4 rings (SSSR count). The molecular formula is C21H30N6O2. The molecule has 0 atom stereocenters. The predicted octanol–water partition coefficient (Wildman–Crippen LogP) is 1.52. The molecule has 2 aromatic rings. The number of nitrogens with one attached hydrogen (secondary N) is 1. The molecule has 3 heterocycles. The number of aryl methyl sites for hydroxylation is 2. The zero-order chi connectivity index (χ0) is 20.4. The maximum absolute atomic E-state index is 12.3. The molecule has 0 unspecified atom stereocenters. The summed E-state index contributed by atoms with van der Waals surface area (Å²) in [4.78, 5) is 26.9. The second-order valence-electron chi connectivity index (χ2n) is 8.30. The second kappa shape index (κ2) is 8.49. The number of nitrogens with zero attached hydrogens (tertiary/aromatic N) is 5. The van der Waals surface area contributed by atoms with Crippen molar-refractivity contribution >= 4 is 5.91 Å². The lowest BCUT2D eigenvalue weighted by molar-refractivity contribution is -0.122. The fraction of sp³-hybridized carbons (Fsp3) is 0.619. The van der Waals surface area contributed by atoms with E-state index in [9.17, 15) is 9.59 Å². The Bertz CT molecular complexity index is 941. The van der Waals surface area contributed by atoms with Crippen molar-refractivity contribution in [2.24, 2.45) is 0 Å². The molecule has 1 aliphatic heterocycles. The van der Waals surface area contributed by atoms with Crippen LogP contribution in [0.4, 0.5) is 0 Å². The highest BCUT2D eigenvalue weighted by Gasteiger charge is 2.26. The topological polar surface area (TPSA) is 85.0 Å². The molecular weight excluding hydrogens is 368 g/mol. The van der Waals surface area contributed by atoms with Gasteiger partial charge >= 0.3 is 0 Å². The molecule has 0 spiro atoms. The molecule has 0 aromatic carbocycles. The minimum atomic E-state index is -0.261. The number of hydrogen-bond donors (Lipinski definition) is 1. The first-order chi connectivity index (χ1) is 14.0. The minimum Gasteiger partial charge on any atom is -0.349 e. The number of hydrogen-bond acceptors (Lipinski definition) is 5. The molecule has 1 fully saturated rings. The molecule has 8 heteroatoms. The second-order valence-corrected chi connectivity index (χ2v) is 8.30. The summed E-state index contributed by atoms with van der Waals surface area (Å²) in [6, 6.07) is 4.31. The van der Waals surface area contributed by atoms with Crippen LogP contribution in [0.15, 0.2) is 16.9 Å². The highest BCUT2D eigenvalue weighted by Crippen LogP contribution is 2.26. The summed E-state index contributed by atoms with van der Waals surface area (Å²) in [5.41, 5.74) is 3.40. The monoisotopic (exact) mass is 398 g/mol. The van der Waals surface area contributed by atoms with Gasteiger partial charge < -0.3 is 5.32 Å². The van der Waals surface area contributed by atoms with E-state index in [1.807, 2.05) is 13.8 Å². The predicted molar refractivity (Wildman–Crippen MR) is 109 cm³/mol. The highest BCUT2D eigenvalue weighted by atomic mass is 16.2. The average molecular weight is 399 g/mol.